The average Bonchev–Trinajstić information content (AvgIpc) is 2.37. The third-order valence-corrected chi connectivity index (χ3v) is 3.33. The molecular weight excluding hydrogens is 270 g/mol. The summed E-state index contributed by atoms with van der Waals surface area (Å²) < 4.78 is 10.7. The molecule has 0 unspecified atom stereocenters. The molecule has 0 saturated carbocycles. The highest BCUT2D eigenvalue weighted by atomic mass is 35.5. The van der Waals surface area contributed by atoms with Crippen molar-refractivity contribution in [3.63, 3.8) is 0 Å². The van der Waals surface area contributed by atoms with Gasteiger partial charge in [0.2, 0.25) is 0 Å². The van der Waals surface area contributed by atoms with E-state index in [2.05, 4.69) is 11.6 Å². The van der Waals surface area contributed by atoms with Crippen molar-refractivity contribution < 1.29 is 9.47 Å². The predicted molar refractivity (Wildman–Crippen MR) is 78.9 cm³/mol. The van der Waals surface area contributed by atoms with Crippen molar-refractivity contribution in [2.24, 2.45) is 0 Å². The first-order valence-electron chi connectivity index (χ1n) is 5.88. The molecule has 1 aromatic rings. The summed E-state index contributed by atoms with van der Waals surface area (Å²) >= 11 is 7.96. The summed E-state index contributed by atoms with van der Waals surface area (Å²) in [4.78, 5) is 0. The fraction of sp³-hybridized carbons (Fsp3) is 0.538. The Bertz CT molecular complexity index is 350. The molecule has 3 nitrogen and oxygen atoms in total. The summed E-state index contributed by atoms with van der Waals surface area (Å²) in [5.74, 6) is 1.84. The monoisotopic (exact) mass is 289 g/mol. The predicted octanol–water partition coefficient (Wildman–Crippen LogP) is 2.82. The minimum absolute atomic E-state index is 0.688. The molecule has 0 bridgehead atoms. The molecular formula is C13H20ClNO2S. The number of methoxy groups -OCH3 is 1. The number of rotatable bonds is 9. The Kier molecular flexibility index (Phi) is 8.25. The maximum atomic E-state index is 6.20. The van der Waals surface area contributed by atoms with Crippen LogP contribution in [0.5, 0.6) is 5.75 Å². The molecule has 1 rings (SSSR count). The van der Waals surface area contributed by atoms with Gasteiger partial charge in [0.25, 0.3) is 0 Å². The molecule has 0 aliphatic rings. The number of benzene rings is 1. The molecule has 0 spiro atoms. The van der Waals surface area contributed by atoms with Gasteiger partial charge in [-0.05, 0) is 18.4 Å². The van der Waals surface area contributed by atoms with Crippen LogP contribution in [0, 0.1) is 0 Å². The van der Waals surface area contributed by atoms with E-state index >= 15 is 0 Å². The van der Waals surface area contributed by atoms with Gasteiger partial charge in [0.05, 0.1) is 13.2 Å². The molecule has 18 heavy (non-hydrogen) atoms. The second-order valence-corrected chi connectivity index (χ2v) is 5.12. The largest absolute Gasteiger partial charge is 0.492 e. The number of nitrogens with one attached hydrogen (secondary N) is 1. The zero-order valence-corrected chi connectivity index (χ0v) is 12.4. The van der Waals surface area contributed by atoms with Gasteiger partial charge in [-0.3, -0.25) is 0 Å². The molecule has 0 aromatic heterocycles. The molecule has 0 amide bonds. The van der Waals surface area contributed by atoms with Gasteiger partial charge >= 0.3 is 0 Å². The first-order chi connectivity index (χ1) is 8.79. The van der Waals surface area contributed by atoms with E-state index in [0.29, 0.717) is 19.8 Å². The number of hydrogen-bond acceptors (Lipinski definition) is 4. The van der Waals surface area contributed by atoms with Gasteiger partial charge in [-0.15, -0.1) is 0 Å². The van der Waals surface area contributed by atoms with E-state index in [0.717, 1.165) is 28.6 Å². The van der Waals surface area contributed by atoms with Crippen LogP contribution < -0.4 is 10.1 Å². The number of hydrogen-bond donors (Lipinski definition) is 1. The van der Waals surface area contributed by atoms with Crippen molar-refractivity contribution in [2.75, 3.05) is 38.9 Å². The molecule has 0 radical (unpaired) electrons. The van der Waals surface area contributed by atoms with Gasteiger partial charge in [0.1, 0.15) is 5.75 Å². The van der Waals surface area contributed by atoms with Crippen LogP contribution in [0.3, 0.4) is 0 Å². The lowest BCUT2D eigenvalue weighted by molar-refractivity contribution is 0.199. The first-order valence-corrected chi connectivity index (χ1v) is 7.65. The van der Waals surface area contributed by atoms with E-state index in [1.54, 1.807) is 18.9 Å². The van der Waals surface area contributed by atoms with Crippen molar-refractivity contribution in [1.29, 1.82) is 0 Å². The van der Waals surface area contributed by atoms with E-state index in [9.17, 15) is 0 Å². The Balaban J connectivity index is 2.56. The molecule has 0 aliphatic carbocycles. The minimum atomic E-state index is 0.688. The maximum absolute atomic E-state index is 6.20. The molecule has 0 atom stereocenters. The van der Waals surface area contributed by atoms with Gasteiger partial charge in [0.15, 0.2) is 0 Å². The Labute approximate surface area is 118 Å². The molecule has 0 fully saturated rings. The van der Waals surface area contributed by atoms with Crippen molar-refractivity contribution >= 4 is 23.4 Å². The van der Waals surface area contributed by atoms with E-state index in [4.69, 9.17) is 21.1 Å². The van der Waals surface area contributed by atoms with Gasteiger partial charge in [-0.1, -0.05) is 17.7 Å². The van der Waals surface area contributed by atoms with E-state index in [1.165, 1.54) is 0 Å². The van der Waals surface area contributed by atoms with Crippen LogP contribution in [0.2, 0.25) is 5.02 Å². The van der Waals surface area contributed by atoms with Gasteiger partial charge < -0.3 is 14.8 Å². The van der Waals surface area contributed by atoms with Gasteiger partial charge in [-0.2, -0.15) is 11.8 Å². The summed E-state index contributed by atoms with van der Waals surface area (Å²) in [6, 6.07) is 5.76. The molecule has 102 valence electrons. The van der Waals surface area contributed by atoms with Crippen LogP contribution >= 0.6 is 23.4 Å². The highest BCUT2D eigenvalue weighted by Crippen LogP contribution is 2.26. The summed E-state index contributed by atoms with van der Waals surface area (Å²) in [5.41, 5.74) is 1.01. The molecule has 0 saturated heterocycles. The van der Waals surface area contributed by atoms with Crippen LogP contribution in [-0.4, -0.2) is 38.9 Å². The standard InChI is InChI=1S/C13H20ClNO2S/c1-16-7-6-15-10-11-12(14)4-3-5-13(11)17-8-9-18-2/h3-5,15H,6-10H2,1-2H3. The number of halogens is 1. The summed E-state index contributed by atoms with van der Waals surface area (Å²) in [5, 5.41) is 4.02. The van der Waals surface area contributed by atoms with Crippen LogP contribution in [0.1, 0.15) is 5.56 Å². The fourth-order valence-electron chi connectivity index (χ4n) is 1.47. The Morgan fingerprint density at radius 3 is 2.89 bits per heavy atom. The van der Waals surface area contributed by atoms with E-state index < -0.39 is 0 Å². The zero-order chi connectivity index (χ0) is 13.2. The average molecular weight is 290 g/mol. The molecule has 1 aromatic carbocycles. The van der Waals surface area contributed by atoms with Crippen molar-refractivity contribution in [3.8, 4) is 5.75 Å². The SMILES string of the molecule is COCCNCc1c(Cl)cccc1OCCSC. The maximum Gasteiger partial charge on any atom is 0.125 e. The lowest BCUT2D eigenvalue weighted by Crippen LogP contribution is -2.19. The summed E-state index contributed by atoms with van der Waals surface area (Å²) in [6.45, 7) is 2.88. The van der Waals surface area contributed by atoms with Gasteiger partial charge in [-0.25, -0.2) is 0 Å². The zero-order valence-electron chi connectivity index (χ0n) is 10.9. The highest BCUT2D eigenvalue weighted by Gasteiger charge is 2.07. The van der Waals surface area contributed by atoms with Crippen molar-refractivity contribution in [3.05, 3.63) is 28.8 Å². The second kappa shape index (κ2) is 9.50. The Hall–Kier alpha value is -0.420. The quantitative estimate of drug-likeness (QED) is 0.708. The molecule has 1 N–H and O–H groups in total. The van der Waals surface area contributed by atoms with Crippen LogP contribution in [-0.2, 0) is 11.3 Å². The smallest absolute Gasteiger partial charge is 0.125 e. The summed E-state index contributed by atoms with van der Waals surface area (Å²) in [6.07, 6.45) is 2.06. The summed E-state index contributed by atoms with van der Waals surface area (Å²) in [7, 11) is 1.69. The normalized spacial score (nSPS) is 10.6. The van der Waals surface area contributed by atoms with E-state index in [1.807, 2.05) is 18.2 Å². The van der Waals surface area contributed by atoms with Crippen molar-refractivity contribution in [2.45, 2.75) is 6.54 Å². The molecule has 5 heteroatoms. The van der Waals surface area contributed by atoms with Crippen LogP contribution in [0.4, 0.5) is 0 Å². The first kappa shape index (κ1) is 15.6. The minimum Gasteiger partial charge on any atom is -0.492 e. The third-order valence-electron chi connectivity index (χ3n) is 2.41. The molecule has 0 heterocycles. The number of thioether (sulfide) groups is 1. The second-order valence-electron chi connectivity index (χ2n) is 3.73. The topological polar surface area (TPSA) is 30.5 Å². The van der Waals surface area contributed by atoms with Crippen LogP contribution in [0.25, 0.3) is 0 Å². The van der Waals surface area contributed by atoms with Crippen LogP contribution in [0.15, 0.2) is 18.2 Å². The lowest BCUT2D eigenvalue weighted by Gasteiger charge is -2.13. The lowest BCUT2D eigenvalue weighted by atomic mass is 10.2. The van der Waals surface area contributed by atoms with Crippen molar-refractivity contribution in [1.82, 2.24) is 5.32 Å². The molecule has 0 aliphatic heterocycles. The number of ether oxygens (including phenoxy) is 2. The van der Waals surface area contributed by atoms with Gasteiger partial charge in [0, 0.05) is 36.5 Å². The fourth-order valence-corrected chi connectivity index (χ4v) is 1.95. The Morgan fingerprint density at radius 2 is 2.17 bits per heavy atom. The third kappa shape index (κ3) is 5.48. The Morgan fingerprint density at radius 1 is 1.33 bits per heavy atom. The van der Waals surface area contributed by atoms with E-state index in [-0.39, 0.29) is 0 Å². The highest BCUT2D eigenvalue weighted by molar-refractivity contribution is 7.98.